The van der Waals surface area contributed by atoms with Crippen molar-refractivity contribution in [2.75, 3.05) is 14.1 Å². The summed E-state index contributed by atoms with van der Waals surface area (Å²) >= 11 is 0. The second kappa shape index (κ2) is 2.56. The monoisotopic (exact) mass is 168 g/mol. The standard InChI is InChI=1S/C10H18NO/c1-11(2)8-3-4-9(11)7-10(12)6-5-8/h8-9H,3-7H2,1-2H3/q+1. The quantitative estimate of drug-likeness (QED) is 0.499. The van der Waals surface area contributed by atoms with Crippen LogP contribution in [0.5, 0.6) is 0 Å². The van der Waals surface area contributed by atoms with Gasteiger partial charge in [-0.2, -0.15) is 0 Å². The third-order valence-electron chi connectivity index (χ3n) is 3.94. The lowest BCUT2D eigenvalue weighted by Crippen LogP contribution is -2.48. The van der Waals surface area contributed by atoms with Gasteiger partial charge in [-0.05, 0) is 0 Å². The molecule has 2 bridgehead atoms. The van der Waals surface area contributed by atoms with E-state index in [4.69, 9.17) is 0 Å². The molecule has 12 heavy (non-hydrogen) atoms. The minimum atomic E-state index is 0.494. The molecule has 0 spiro atoms. The maximum Gasteiger partial charge on any atom is 0.139 e. The van der Waals surface area contributed by atoms with Crippen molar-refractivity contribution in [3.63, 3.8) is 0 Å². The summed E-state index contributed by atoms with van der Waals surface area (Å²) < 4.78 is 1.10. The Kier molecular flexibility index (Phi) is 1.76. The SMILES string of the molecule is C[N+]1(C)C2CCC(=O)CC1CC2. The summed E-state index contributed by atoms with van der Waals surface area (Å²) in [5.41, 5.74) is 0. The summed E-state index contributed by atoms with van der Waals surface area (Å²) in [7, 11) is 4.59. The van der Waals surface area contributed by atoms with Crippen LogP contribution in [0.15, 0.2) is 0 Å². The first-order valence-corrected chi connectivity index (χ1v) is 4.96. The summed E-state index contributed by atoms with van der Waals surface area (Å²) in [4.78, 5) is 11.4. The van der Waals surface area contributed by atoms with Gasteiger partial charge in [0.1, 0.15) is 5.78 Å². The number of nitrogens with zero attached hydrogens (tertiary/aromatic N) is 1. The van der Waals surface area contributed by atoms with E-state index in [0.717, 1.165) is 29.8 Å². The minimum Gasteiger partial charge on any atom is -0.323 e. The fraction of sp³-hybridized carbons (Fsp3) is 0.900. The van der Waals surface area contributed by atoms with Gasteiger partial charge >= 0.3 is 0 Å². The summed E-state index contributed by atoms with van der Waals surface area (Å²) in [5.74, 6) is 0.494. The molecule has 2 rings (SSSR count). The van der Waals surface area contributed by atoms with Gasteiger partial charge in [0.25, 0.3) is 0 Å². The number of quaternary nitrogens is 1. The smallest absolute Gasteiger partial charge is 0.139 e. The van der Waals surface area contributed by atoms with Gasteiger partial charge in [-0.1, -0.05) is 0 Å². The molecular weight excluding hydrogens is 150 g/mol. The molecule has 0 radical (unpaired) electrons. The molecule has 0 aromatic carbocycles. The Balaban J connectivity index is 2.23. The fourth-order valence-electron chi connectivity index (χ4n) is 2.86. The van der Waals surface area contributed by atoms with E-state index in [9.17, 15) is 4.79 Å². The molecule has 68 valence electrons. The van der Waals surface area contributed by atoms with Crippen LogP contribution in [0.1, 0.15) is 32.1 Å². The molecule has 0 aromatic heterocycles. The van der Waals surface area contributed by atoms with E-state index in [1.54, 1.807) is 0 Å². The Labute approximate surface area is 74.1 Å². The van der Waals surface area contributed by atoms with Crippen molar-refractivity contribution in [3.8, 4) is 0 Å². The first-order chi connectivity index (χ1) is 5.60. The van der Waals surface area contributed by atoms with Crippen LogP contribution in [0, 0.1) is 0 Å². The average Bonchev–Trinajstić information content (AvgIpc) is 2.15. The van der Waals surface area contributed by atoms with E-state index < -0.39 is 0 Å². The molecule has 0 saturated carbocycles. The van der Waals surface area contributed by atoms with Crippen LogP contribution in [0.4, 0.5) is 0 Å². The van der Waals surface area contributed by atoms with Crippen LogP contribution in [-0.2, 0) is 4.79 Å². The van der Waals surface area contributed by atoms with Gasteiger partial charge < -0.3 is 4.48 Å². The number of carbonyl (C=O) groups is 1. The summed E-state index contributed by atoms with van der Waals surface area (Å²) in [5, 5.41) is 0. The second-order valence-corrected chi connectivity index (χ2v) is 4.80. The number of carbonyl (C=O) groups excluding carboxylic acids is 1. The van der Waals surface area contributed by atoms with E-state index in [-0.39, 0.29) is 0 Å². The number of rotatable bonds is 0. The number of Topliss-reactive ketones (excluding diaryl/α,β-unsaturated/α-hetero) is 1. The minimum absolute atomic E-state index is 0.494. The van der Waals surface area contributed by atoms with Crippen molar-refractivity contribution in [2.24, 2.45) is 0 Å². The maximum absolute atomic E-state index is 11.4. The van der Waals surface area contributed by atoms with E-state index in [2.05, 4.69) is 14.1 Å². The largest absolute Gasteiger partial charge is 0.323 e. The molecule has 2 unspecified atom stereocenters. The highest BCUT2D eigenvalue weighted by atomic mass is 16.1. The van der Waals surface area contributed by atoms with Crippen LogP contribution >= 0.6 is 0 Å². The second-order valence-electron chi connectivity index (χ2n) is 4.80. The fourth-order valence-corrected chi connectivity index (χ4v) is 2.86. The van der Waals surface area contributed by atoms with E-state index in [1.807, 2.05) is 0 Å². The Hall–Kier alpha value is -0.370. The molecule has 0 aliphatic carbocycles. The zero-order valence-corrected chi connectivity index (χ0v) is 8.05. The summed E-state index contributed by atoms with van der Waals surface area (Å²) in [6.07, 6.45) is 5.41. The first kappa shape index (κ1) is 8.24. The van der Waals surface area contributed by atoms with E-state index in [1.165, 1.54) is 12.8 Å². The number of ketones is 1. The normalized spacial score (nSPS) is 39.7. The van der Waals surface area contributed by atoms with Crippen LogP contribution < -0.4 is 0 Å². The van der Waals surface area contributed by atoms with Gasteiger partial charge in [-0.3, -0.25) is 4.79 Å². The molecular formula is C10H18NO+. The predicted octanol–water partition coefficient (Wildman–Crippen LogP) is 1.35. The number of hydrogen-bond donors (Lipinski definition) is 0. The van der Waals surface area contributed by atoms with Crippen molar-refractivity contribution in [3.05, 3.63) is 0 Å². The third kappa shape index (κ3) is 1.09. The maximum atomic E-state index is 11.4. The Bertz CT molecular complexity index is 210. The molecule has 2 saturated heterocycles. The number of hydrogen-bond acceptors (Lipinski definition) is 1. The molecule has 2 fully saturated rings. The summed E-state index contributed by atoms with van der Waals surface area (Å²) in [6, 6.07) is 1.39. The zero-order chi connectivity index (χ0) is 8.77. The van der Waals surface area contributed by atoms with Gasteiger partial charge in [0.15, 0.2) is 0 Å². The molecule has 0 N–H and O–H groups in total. The van der Waals surface area contributed by atoms with Gasteiger partial charge in [-0.15, -0.1) is 0 Å². The van der Waals surface area contributed by atoms with Crippen molar-refractivity contribution < 1.29 is 9.28 Å². The van der Waals surface area contributed by atoms with Crippen molar-refractivity contribution in [1.29, 1.82) is 0 Å². The molecule has 2 nitrogen and oxygen atoms in total. The van der Waals surface area contributed by atoms with Crippen LogP contribution in [0.25, 0.3) is 0 Å². The molecule has 2 aliphatic heterocycles. The first-order valence-electron chi connectivity index (χ1n) is 4.96. The average molecular weight is 168 g/mol. The Morgan fingerprint density at radius 3 is 2.58 bits per heavy atom. The highest BCUT2D eigenvalue weighted by molar-refractivity contribution is 5.79. The van der Waals surface area contributed by atoms with Crippen LogP contribution in [-0.4, -0.2) is 36.4 Å². The molecule has 2 atom stereocenters. The van der Waals surface area contributed by atoms with Crippen LogP contribution in [0.2, 0.25) is 0 Å². The number of fused-ring (bicyclic) bond motifs is 2. The topological polar surface area (TPSA) is 17.1 Å². The van der Waals surface area contributed by atoms with Gasteiger partial charge in [0, 0.05) is 25.7 Å². The van der Waals surface area contributed by atoms with Gasteiger partial charge in [0.05, 0.1) is 32.6 Å². The lowest BCUT2D eigenvalue weighted by atomic mass is 10.0. The Morgan fingerprint density at radius 2 is 1.83 bits per heavy atom. The van der Waals surface area contributed by atoms with E-state index in [0.29, 0.717) is 11.8 Å². The summed E-state index contributed by atoms with van der Waals surface area (Å²) in [6.45, 7) is 0. The predicted molar refractivity (Wildman–Crippen MR) is 47.8 cm³/mol. The highest BCUT2D eigenvalue weighted by Gasteiger charge is 2.45. The van der Waals surface area contributed by atoms with E-state index >= 15 is 0 Å². The molecule has 2 aliphatic rings. The van der Waals surface area contributed by atoms with Gasteiger partial charge in [-0.25, -0.2) is 0 Å². The lowest BCUT2D eigenvalue weighted by Gasteiger charge is -2.35. The highest BCUT2D eigenvalue weighted by Crippen LogP contribution is 2.36. The van der Waals surface area contributed by atoms with Crippen molar-refractivity contribution in [1.82, 2.24) is 0 Å². The molecule has 2 heterocycles. The van der Waals surface area contributed by atoms with Crippen LogP contribution in [0.3, 0.4) is 0 Å². The van der Waals surface area contributed by atoms with Crippen molar-refractivity contribution >= 4 is 5.78 Å². The Morgan fingerprint density at radius 1 is 1.17 bits per heavy atom. The van der Waals surface area contributed by atoms with Crippen molar-refractivity contribution in [2.45, 2.75) is 44.2 Å². The lowest BCUT2D eigenvalue weighted by molar-refractivity contribution is -0.924. The van der Waals surface area contributed by atoms with Gasteiger partial charge in [0.2, 0.25) is 0 Å². The molecule has 0 amide bonds. The molecule has 0 aromatic rings. The molecule has 2 heteroatoms. The third-order valence-corrected chi connectivity index (χ3v) is 3.94. The zero-order valence-electron chi connectivity index (χ0n) is 8.05.